The number of halogens is 1. The first-order valence-corrected chi connectivity index (χ1v) is 7.05. The van der Waals surface area contributed by atoms with Gasteiger partial charge in [0.15, 0.2) is 11.5 Å². The molecule has 0 heterocycles. The average molecular weight is 330 g/mol. The van der Waals surface area contributed by atoms with Crippen molar-refractivity contribution >= 4 is 15.9 Å². The molecule has 1 aliphatic rings. The highest BCUT2D eigenvalue weighted by Gasteiger charge is 2.50. The van der Waals surface area contributed by atoms with Gasteiger partial charge in [0.1, 0.15) is 10.2 Å². The van der Waals surface area contributed by atoms with Gasteiger partial charge >= 0.3 is 0 Å². The first-order chi connectivity index (χ1) is 9.01. The smallest absolute Gasteiger partial charge is 0.178 e. The number of ether oxygens (including phenoxy) is 3. The number of methoxy groups -OCH3 is 3. The first kappa shape index (κ1) is 14.5. The Labute approximate surface area is 122 Å². The predicted octanol–water partition coefficient (Wildman–Crippen LogP) is 2.85. The van der Waals surface area contributed by atoms with Crippen LogP contribution in [0.1, 0.15) is 25.3 Å². The summed E-state index contributed by atoms with van der Waals surface area (Å²) < 4.78 is 17.1. The highest BCUT2D eigenvalue weighted by Crippen LogP contribution is 2.57. The van der Waals surface area contributed by atoms with E-state index in [1.165, 1.54) is 0 Å². The van der Waals surface area contributed by atoms with Gasteiger partial charge in [0.05, 0.1) is 21.3 Å². The monoisotopic (exact) mass is 329 g/mol. The fourth-order valence-corrected chi connectivity index (χ4v) is 3.34. The van der Waals surface area contributed by atoms with Crippen LogP contribution in [0.25, 0.3) is 0 Å². The summed E-state index contributed by atoms with van der Waals surface area (Å²) in [6.07, 6.45) is 2.14. The van der Waals surface area contributed by atoms with Crippen molar-refractivity contribution in [2.45, 2.75) is 31.2 Å². The van der Waals surface area contributed by atoms with E-state index < -0.39 is 0 Å². The first-order valence-electron chi connectivity index (χ1n) is 6.26. The second kappa shape index (κ2) is 5.21. The zero-order valence-corrected chi connectivity index (χ0v) is 13.3. The molecule has 1 aromatic rings. The van der Waals surface area contributed by atoms with Gasteiger partial charge < -0.3 is 19.9 Å². The lowest BCUT2D eigenvalue weighted by Gasteiger charge is -2.25. The molecule has 0 saturated heterocycles. The van der Waals surface area contributed by atoms with E-state index in [-0.39, 0.29) is 11.5 Å². The summed E-state index contributed by atoms with van der Waals surface area (Å²) in [5.74, 6) is 2.12. The van der Waals surface area contributed by atoms with Crippen molar-refractivity contribution in [2.75, 3.05) is 21.3 Å². The van der Waals surface area contributed by atoms with E-state index in [0.29, 0.717) is 11.5 Å². The molecule has 5 heteroatoms. The van der Waals surface area contributed by atoms with Gasteiger partial charge in [0.25, 0.3) is 0 Å². The topological polar surface area (TPSA) is 53.7 Å². The zero-order chi connectivity index (χ0) is 14.2. The summed E-state index contributed by atoms with van der Waals surface area (Å²) in [5, 5.41) is 0. The van der Waals surface area contributed by atoms with Crippen LogP contribution in [0.15, 0.2) is 10.5 Å². The van der Waals surface area contributed by atoms with Crippen LogP contribution in [0.5, 0.6) is 17.2 Å². The number of hydrogen-bond donors (Lipinski definition) is 1. The molecule has 0 aliphatic heterocycles. The van der Waals surface area contributed by atoms with Crippen LogP contribution in [0, 0.1) is 0 Å². The Kier molecular flexibility index (Phi) is 3.97. The molecule has 1 saturated carbocycles. The van der Waals surface area contributed by atoms with Gasteiger partial charge in [-0.25, -0.2) is 0 Å². The molecule has 2 N–H and O–H groups in total. The largest absolute Gasteiger partial charge is 0.495 e. The molecule has 0 spiro atoms. The number of rotatable bonds is 5. The van der Waals surface area contributed by atoms with Crippen molar-refractivity contribution in [3.63, 3.8) is 0 Å². The molecule has 0 amide bonds. The third-order valence-corrected chi connectivity index (χ3v) is 4.69. The van der Waals surface area contributed by atoms with E-state index in [2.05, 4.69) is 15.9 Å². The second-order valence-corrected chi connectivity index (χ2v) is 5.74. The summed E-state index contributed by atoms with van der Waals surface area (Å²) >= 11 is 3.54. The van der Waals surface area contributed by atoms with Crippen LogP contribution in [-0.4, -0.2) is 27.4 Å². The molecule has 1 aromatic carbocycles. The lowest BCUT2D eigenvalue weighted by Crippen LogP contribution is -2.32. The fourth-order valence-electron chi connectivity index (χ4n) is 2.61. The highest BCUT2D eigenvalue weighted by atomic mass is 79.9. The van der Waals surface area contributed by atoms with Gasteiger partial charge in [0.2, 0.25) is 0 Å². The SMILES string of the molecule is COc1cc(C2(C(C)N)CC2)c(OC)c(Br)c1OC. The van der Waals surface area contributed by atoms with Crippen LogP contribution >= 0.6 is 15.9 Å². The van der Waals surface area contributed by atoms with Crippen LogP contribution in [0.2, 0.25) is 0 Å². The molecule has 106 valence electrons. The summed E-state index contributed by atoms with van der Waals surface area (Å²) in [5.41, 5.74) is 7.24. The van der Waals surface area contributed by atoms with Crippen molar-refractivity contribution in [3.05, 3.63) is 16.1 Å². The predicted molar refractivity (Wildman–Crippen MR) is 78.4 cm³/mol. The molecule has 2 rings (SSSR count). The summed E-state index contributed by atoms with van der Waals surface area (Å²) in [6, 6.07) is 2.06. The molecule has 1 aliphatic carbocycles. The van der Waals surface area contributed by atoms with E-state index in [0.717, 1.165) is 28.6 Å². The van der Waals surface area contributed by atoms with Crippen molar-refractivity contribution in [1.29, 1.82) is 0 Å². The summed E-state index contributed by atoms with van der Waals surface area (Å²) in [4.78, 5) is 0. The van der Waals surface area contributed by atoms with Crippen molar-refractivity contribution in [3.8, 4) is 17.2 Å². The van der Waals surface area contributed by atoms with Gasteiger partial charge in [-0.2, -0.15) is 0 Å². The van der Waals surface area contributed by atoms with Gasteiger partial charge in [-0.3, -0.25) is 0 Å². The third kappa shape index (κ3) is 2.19. The van der Waals surface area contributed by atoms with Gasteiger partial charge in [0, 0.05) is 17.0 Å². The fraction of sp³-hybridized carbons (Fsp3) is 0.571. The molecule has 4 nitrogen and oxygen atoms in total. The van der Waals surface area contributed by atoms with Crippen LogP contribution in [0.3, 0.4) is 0 Å². The quantitative estimate of drug-likeness (QED) is 0.902. The Balaban J connectivity index is 2.64. The lowest BCUT2D eigenvalue weighted by atomic mass is 9.88. The Bertz CT molecular complexity index is 484. The number of benzene rings is 1. The van der Waals surface area contributed by atoms with E-state index in [1.54, 1.807) is 21.3 Å². The van der Waals surface area contributed by atoms with E-state index in [1.807, 2.05) is 13.0 Å². The lowest BCUT2D eigenvalue weighted by molar-refractivity contribution is 0.341. The molecular formula is C14H20BrNO3. The maximum Gasteiger partial charge on any atom is 0.178 e. The van der Waals surface area contributed by atoms with E-state index >= 15 is 0 Å². The molecule has 1 atom stereocenters. The van der Waals surface area contributed by atoms with Crippen LogP contribution in [0.4, 0.5) is 0 Å². The molecule has 0 bridgehead atoms. The molecule has 19 heavy (non-hydrogen) atoms. The average Bonchev–Trinajstić information content (AvgIpc) is 3.18. The normalized spacial score (nSPS) is 17.8. The third-order valence-electron chi connectivity index (χ3n) is 3.97. The Morgan fingerprint density at radius 1 is 1.16 bits per heavy atom. The molecule has 0 radical (unpaired) electrons. The minimum atomic E-state index is -0.00653. The minimum Gasteiger partial charge on any atom is -0.495 e. The van der Waals surface area contributed by atoms with Gasteiger partial charge in [-0.15, -0.1) is 0 Å². The van der Waals surface area contributed by atoms with Gasteiger partial charge in [-0.1, -0.05) is 0 Å². The Hall–Kier alpha value is -0.940. The van der Waals surface area contributed by atoms with E-state index in [4.69, 9.17) is 19.9 Å². The minimum absolute atomic E-state index is 0.00653. The van der Waals surface area contributed by atoms with Crippen LogP contribution in [-0.2, 0) is 5.41 Å². The summed E-state index contributed by atoms with van der Waals surface area (Å²) in [7, 11) is 4.90. The van der Waals surface area contributed by atoms with Crippen molar-refractivity contribution in [2.24, 2.45) is 5.73 Å². The Morgan fingerprint density at radius 2 is 1.74 bits per heavy atom. The maximum atomic E-state index is 6.16. The van der Waals surface area contributed by atoms with Crippen LogP contribution < -0.4 is 19.9 Å². The molecule has 1 fully saturated rings. The standard InChI is InChI=1S/C14H20BrNO3/c1-8(16)14(5-6-14)9-7-10(17-2)13(19-4)11(15)12(9)18-3/h7-8H,5-6,16H2,1-4H3. The maximum absolute atomic E-state index is 6.16. The molecule has 1 unspecified atom stereocenters. The number of nitrogens with two attached hydrogens (primary N) is 1. The zero-order valence-electron chi connectivity index (χ0n) is 11.7. The van der Waals surface area contributed by atoms with Crippen molar-refractivity contribution in [1.82, 2.24) is 0 Å². The van der Waals surface area contributed by atoms with E-state index in [9.17, 15) is 0 Å². The highest BCUT2D eigenvalue weighted by molar-refractivity contribution is 9.10. The Morgan fingerprint density at radius 3 is 2.11 bits per heavy atom. The second-order valence-electron chi connectivity index (χ2n) is 4.95. The molecule has 0 aromatic heterocycles. The summed E-state index contributed by atoms with van der Waals surface area (Å²) in [6.45, 7) is 2.04. The van der Waals surface area contributed by atoms with Gasteiger partial charge in [-0.05, 0) is 41.8 Å². The van der Waals surface area contributed by atoms with Crippen molar-refractivity contribution < 1.29 is 14.2 Å². The molecular weight excluding hydrogens is 310 g/mol. The number of hydrogen-bond acceptors (Lipinski definition) is 4.